The van der Waals surface area contributed by atoms with E-state index in [1.165, 1.54) is 49.1 Å². The highest BCUT2D eigenvalue weighted by molar-refractivity contribution is 7.99. The first kappa shape index (κ1) is 27.1. The summed E-state index contributed by atoms with van der Waals surface area (Å²) in [6.07, 6.45) is 0. The number of thioether (sulfide) groups is 1. The van der Waals surface area contributed by atoms with Gasteiger partial charge in [0.15, 0.2) is 11.0 Å². The van der Waals surface area contributed by atoms with Crippen molar-refractivity contribution in [3.63, 3.8) is 0 Å². The Bertz CT molecular complexity index is 1450. The fraction of sp³-hybridized carbons (Fsp3) is 0.222. The summed E-state index contributed by atoms with van der Waals surface area (Å²) in [6, 6.07) is 14.4. The number of nitrogens with one attached hydrogen (secondary N) is 1. The first-order valence-corrected chi connectivity index (χ1v) is 13.5. The van der Waals surface area contributed by atoms with Gasteiger partial charge in [0.2, 0.25) is 5.91 Å². The van der Waals surface area contributed by atoms with Crippen LogP contribution < -0.4 is 5.32 Å². The number of aryl methyl sites for hydroxylation is 1. The zero-order valence-corrected chi connectivity index (χ0v) is 22.9. The SMILES string of the molecule is CCn1c(SCC(=O)Nc2cc(C(=O)OC)cc(C(=O)OC)c2)nnc1-c1csc(C)c1-c1ccccc1. The van der Waals surface area contributed by atoms with Crippen LogP contribution in [-0.4, -0.2) is 52.6 Å². The second-order valence-corrected chi connectivity index (χ2v) is 10.1. The third kappa shape index (κ3) is 5.79. The summed E-state index contributed by atoms with van der Waals surface area (Å²) in [7, 11) is 2.47. The van der Waals surface area contributed by atoms with Gasteiger partial charge in [-0.2, -0.15) is 0 Å². The monoisotopic (exact) mass is 550 g/mol. The van der Waals surface area contributed by atoms with E-state index in [-0.39, 0.29) is 28.5 Å². The fourth-order valence-corrected chi connectivity index (χ4v) is 5.63. The van der Waals surface area contributed by atoms with E-state index in [4.69, 9.17) is 9.47 Å². The highest BCUT2D eigenvalue weighted by Crippen LogP contribution is 2.39. The predicted molar refractivity (Wildman–Crippen MR) is 148 cm³/mol. The minimum atomic E-state index is -0.636. The molecule has 4 aromatic rings. The molecule has 0 aliphatic carbocycles. The average Bonchev–Trinajstić information content (AvgIpc) is 3.53. The Hall–Kier alpha value is -3.96. The van der Waals surface area contributed by atoms with Crippen molar-refractivity contribution in [3.8, 4) is 22.5 Å². The normalized spacial score (nSPS) is 10.7. The fourth-order valence-electron chi connectivity index (χ4n) is 3.96. The predicted octanol–water partition coefficient (Wildman–Crippen LogP) is 5.31. The number of benzene rings is 2. The Morgan fingerprint density at radius 1 is 1.00 bits per heavy atom. The molecule has 0 unspecified atom stereocenters. The van der Waals surface area contributed by atoms with Crippen molar-refractivity contribution in [2.75, 3.05) is 25.3 Å². The molecule has 4 rings (SSSR count). The van der Waals surface area contributed by atoms with E-state index in [1.807, 2.05) is 29.7 Å². The van der Waals surface area contributed by atoms with Crippen molar-refractivity contribution >= 4 is 46.6 Å². The second kappa shape index (κ2) is 12.1. The Morgan fingerprint density at radius 2 is 1.66 bits per heavy atom. The van der Waals surface area contributed by atoms with Crippen LogP contribution in [0.15, 0.2) is 59.1 Å². The Balaban J connectivity index is 1.53. The van der Waals surface area contributed by atoms with Gasteiger partial charge in [-0.25, -0.2) is 9.59 Å². The summed E-state index contributed by atoms with van der Waals surface area (Å²) in [5.41, 5.74) is 3.75. The Morgan fingerprint density at radius 3 is 2.26 bits per heavy atom. The van der Waals surface area contributed by atoms with E-state index in [0.29, 0.717) is 11.7 Å². The summed E-state index contributed by atoms with van der Waals surface area (Å²) in [6.45, 7) is 4.72. The van der Waals surface area contributed by atoms with Crippen LogP contribution in [0.3, 0.4) is 0 Å². The number of esters is 2. The van der Waals surface area contributed by atoms with Crippen molar-refractivity contribution < 1.29 is 23.9 Å². The molecule has 1 N–H and O–H groups in total. The standard InChI is InChI=1S/C27H26N4O5S2/c1-5-31-24(21-14-37-16(2)23(21)17-9-7-6-8-10-17)29-30-27(31)38-15-22(32)28-20-12-18(25(33)35-3)11-19(13-20)26(34)36-4/h6-14H,5,15H2,1-4H3,(H,28,32). The van der Waals surface area contributed by atoms with Crippen LogP contribution in [0, 0.1) is 6.92 Å². The molecule has 9 nitrogen and oxygen atoms in total. The molecule has 0 spiro atoms. The highest BCUT2D eigenvalue weighted by atomic mass is 32.2. The largest absolute Gasteiger partial charge is 0.465 e. The quantitative estimate of drug-likeness (QED) is 0.221. The number of anilines is 1. The molecule has 0 bridgehead atoms. The molecule has 2 aromatic carbocycles. The zero-order chi connectivity index (χ0) is 27.2. The van der Waals surface area contributed by atoms with Crippen LogP contribution in [0.5, 0.6) is 0 Å². The third-order valence-corrected chi connectivity index (χ3v) is 7.58. The first-order valence-electron chi connectivity index (χ1n) is 11.7. The molecule has 1 amide bonds. The smallest absolute Gasteiger partial charge is 0.337 e. The number of aromatic nitrogens is 3. The molecular formula is C27H26N4O5S2. The number of hydrogen-bond acceptors (Lipinski definition) is 9. The van der Waals surface area contributed by atoms with E-state index >= 15 is 0 Å². The summed E-state index contributed by atoms with van der Waals surface area (Å²) < 4.78 is 11.5. The molecule has 38 heavy (non-hydrogen) atoms. The minimum absolute atomic E-state index is 0.0440. The second-order valence-electron chi connectivity index (χ2n) is 8.12. The van der Waals surface area contributed by atoms with E-state index in [2.05, 4.69) is 40.0 Å². The average molecular weight is 551 g/mol. The topological polar surface area (TPSA) is 112 Å². The third-order valence-electron chi connectivity index (χ3n) is 5.70. The van der Waals surface area contributed by atoms with E-state index in [0.717, 1.165) is 22.5 Å². The van der Waals surface area contributed by atoms with Gasteiger partial charge in [0.05, 0.1) is 31.1 Å². The highest BCUT2D eigenvalue weighted by Gasteiger charge is 2.21. The van der Waals surface area contributed by atoms with Gasteiger partial charge in [-0.05, 0) is 37.6 Å². The number of methoxy groups -OCH3 is 2. The van der Waals surface area contributed by atoms with Gasteiger partial charge < -0.3 is 19.4 Å². The molecule has 196 valence electrons. The summed E-state index contributed by atoms with van der Waals surface area (Å²) in [5.74, 6) is -0.823. The summed E-state index contributed by atoms with van der Waals surface area (Å²) >= 11 is 2.91. The number of ether oxygens (including phenoxy) is 2. The van der Waals surface area contributed by atoms with Gasteiger partial charge in [-0.1, -0.05) is 42.1 Å². The molecule has 0 atom stereocenters. The zero-order valence-electron chi connectivity index (χ0n) is 21.3. The lowest BCUT2D eigenvalue weighted by Gasteiger charge is -2.10. The van der Waals surface area contributed by atoms with Crippen LogP contribution in [-0.2, 0) is 20.8 Å². The maximum absolute atomic E-state index is 12.8. The van der Waals surface area contributed by atoms with Crippen molar-refractivity contribution in [2.24, 2.45) is 0 Å². The van der Waals surface area contributed by atoms with Crippen LogP contribution in [0.1, 0.15) is 32.5 Å². The van der Waals surface area contributed by atoms with E-state index < -0.39 is 11.9 Å². The van der Waals surface area contributed by atoms with Crippen LogP contribution >= 0.6 is 23.1 Å². The van der Waals surface area contributed by atoms with Gasteiger partial charge in [-0.15, -0.1) is 21.5 Å². The number of hydrogen-bond donors (Lipinski definition) is 1. The van der Waals surface area contributed by atoms with Crippen LogP contribution in [0.4, 0.5) is 5.69 Å². The van der Waals surface area contributed by atoms with Crippen molar-refractivity contribution in [2.45, 2.75) is 25.5 Å². The molecule has 2 heterocycles. The molecule has 0 fully saturated rings. The molecule has 0 saturated heterocycles. The molecule has 2 aromatic heterocycles. The molecule has 0 radical (unpaired) electrons. The van der Waals surface area contributed by atoms with Gasteiger partial charge in [0.1, 0.15) is 0 Å². The van der Waals surface area contributed by atoms with Gasteiger partial charge >= 0.3 is 11.9 Å². The number of rotatable bonds is 9. The molecule has 0 aliphatic heterocycles. The lowest BCUT2D eigenvalue weighted by Crippen LogP contribution is -2.16. The Labute approximate surface area is 228 Å². The maximum Gasteiger partial charge on any atom is 0.337 e. The van der Waals surface area contributed by atoms with Gasteiger partial charge in [0.25, 0.3) is 0 Å². The van der Waals surface area contributed by atoms with Crippen molar-refractivity contribution in [1.82, 2.24) is 14.8 Å². The lowest BCUT2D eigenvalue weighted by atomic mass is 10.0. The van der Waals surface area contributed by atoms with Crippen LogP contribution in [0.2, 0.25) is 0 Å². The minimum Gasteiger partial charge on any atom is -0.465 e. The van der Waals surface area contributed by atoms with Crippen molar-refractivity contribution in [3.05, 3.63) is 69.9 Å². The number of thiophene rings is 1. The molecule has 0 aliphatic rings. The lowest BCUT2D eigenvalue weighted by molar-refractivity contribution is -0.113. The summed E-state index contributed by atoms with van der Waals surface area (Å²) in [5, 5.41) is 14.3. The van der Waals surface area contributed by atoms with Crippen LogP contribution in [0.25, 0.3) is 22.5 Å². The van der Waals surface area contributed by atoms with E-state index in [1.54, 1.807) is 11.3 Å². The first-order chi connectivity index (χ1) is 18.4. The number of carbonyl (C=O) groups excluding carboxylic acids is 3. The molecule has 11 heteroatoms. The number of nitrogens with zero attached hydrogens (tertiary/aromatic N) is 3. The summed E-state index contributed by atoms with van der Waals surface area (Å²) in [4.78, 5) is 38.0. The number of amides is 1. The van der Waals surface area contributed by atoms with Gasteiger partial charge in [-0.3, -0.25) is 4.79 Å². The molecular weight excluding hydrogens is 524 g/mol. The Kier molecular flexibility index (Phi) is 8.59. The molecule has 0 saturated carbocycles. The maximum atomic E-state index is 12.8. The number of carbonyl (C=O) groups is 3. The van der Waals surface area contributed by atoms with Gasteiger partial charge in [0, 0.05) is 33.6 Å². The van der Waals surface area contributed by atoms with E-state index in [9.17, 15) is 14.4 Å². The van der Waals surface area contributed by atoms with Crippen molar-refractivity contribution in [1.29, 1.82) is 0 Å².